The van der Waals surface area contributed by atoms with Crippen LogP contribution in [0.4, 0.5) is 0 Å². The van der Waals surface area contributed by atoms with Gasteiger partial charge in [0.1, 0.15) is 9.84 Å². The zero-order chi connectivity index (χ0) is 15.0. The van der Waals surface area contributed by atoms with Crippen LogP contribution in [0.25, 0.3) is 0 Å². The monoisotopic (exact) mass is 307 g/mol. The molecule has 1 aromatic carbocycles. The molecule has 1 fully saturated rings. The summed E-state index contributed by atoms with van der Waals surface area (Å²) in [6, 6.07) is 9.28. The van der Waals surface area contributed by atoms with Crippen molar-refractivity contribution < 1.29 is 8.42 Å². The van der Waals surface area contributed by atoms with Gasteiger partial charge in [0.2, 0.25) is 0 Å². The number of nitrogens with one attached hydrogen (secondary N) is 1. The molecule has 0 aliphatic heterocycles. The number of fused-ring (bicyclic) bond motifs is 3. The minimum Gasteiger partial charge on any atom is -0.310 e. The highest BCUT2D eigenvalue weighted by Gasteiger charge is 2.39. The molecule has 0 aromatic heterocycles. The molecule has 3 unspecified atom stereocenters. The lowest BCUT2D eigenvalue weighted by Crippen LogP contribution is -2.45. The zero-order valence-corrected chi connectivity index (χ0v) is 13.7. The molecule has 1 N–H and O–H groups in total. The van der Waals surface area contributed by atoms with E-state index in [1.807, 2.05) is 6.92 Å². The van der Waals surface area contributed by atoms with Crippen molar-refractivity contribution in [2.24, 2.45) is 11.8 Å². The predicted molar refractivity (Wildman–Crippen MR) is 86.2 cm³/mol. The Kier molecular flexibility index (Phi) is 4.10. The summed E-state index contributed by atoms with van der Waals surface area (Å²) in [5.74, 6) is 1.54. The van der Waals surface area contributed by atoms with Gasteiger partial charge in [-0.2, -0.15) is 0 Å². The van der Waals surface area contributed by atoms with E-state index in [1.54, 1.807) is 0 Å². The highest BCUT2D eigenvalue weighted by Crippen LogP contribution is 2.40. The van der Waals surface area contributed by atoms with E-state index >= 15 is 0 Å². The third kappa shape index (κ3) is 3.49. The SMILES string of the molecule is CC(CS(C)(=O)=O)NC1C2CCC1Cc1ccccc1C2. The van der Waals surface area contributed by atoms with Crippen LogP contribution in [0.5, 0.6) is 0 Å². The Labute approximate surface area is 128 Å². The average Bonchev–Trinajstić information content (AvgIpc) is 2.63. The molecule has 2 aliphatic rings. The van der Waals surface area contributed by atoms with Crippen LogP contribution in [0.3, 0.4) is 0 Å². The second-order valence-corrected chi connectivity index (χ2v) is 9.15. The van der Waals surface area contributed by atoms with Crippen molar-refractivity contribution in [2.45, 2.75) is 44.7 Å². The van der Waals surface area contributed by atoms with Crippen LogP contribution in [-0.4, -0.2) is 32.5 Å². The summed E-state index contributed by atoms with van der Waals surface area (Å²) in [6.45, 7) is 2.00. The van der Waals surface area contributed by atoms with Crippen LogP contribution in [0.15, 0.2) is 24.3 Å². The Morgan fingerprint density at radius 3 is 2.14 bits per heavy atom. The number of sulfone groups is 1. The summed E-state index contributed by atoms with van der Waals surface area (Å²) in [5.41, 5.74) is 2.99. The lowest BCUT2D eigenvalue weighted by molar-refractivity contribution is 0.321. The van der Waals surface area contributed by atoms with Gasteiger partial charge in [0.15, 0.2) is 0 Å². The second kappa shape index (κ2) is 5.73. The van der Waals surface area contributed by atoms with Gasteiger partial charge in [-0.05, 0) is 55.6 Å². The normalized spacial score (nSPS) is 29.7. The highest BCUT2D eigenvalue weighted by molar-refractivity contribution is 7.90. The first-order valence-corrected chi connectivity index (χ1v) is 9.99. The average molecular weight is 307 g/mol. The van der Waals surface area contributed by atoms with E-state index in [2.05, 4.69) is 29.6 Å². The van der Waals surface area contributed by atoms with Crippen molar-refractivity contribution in [1.29, 1.82) is 0 Å². The Hall–Kier alpha value is -0.870. The maximum absolute atomic E-state index is 11.5. The summed E-state index contributed by atoms with van der Waals surface area (Å²) >= 11 is 0. The zero-order valence-electron chi connectivity index (χ0n) is 12.9. The van der Waals surface area contributed by atoms with Gasteiger partial charge in [0.05, 0.1) is 5.75 Å². The van der Waals surface area contributed by atoms with E-state index in [0.29, 0.717) is 17.9 Å². The number of hydrogen-bond donors (Lipinski definition) is 1. The van der Waals surface area contributed by atoms with Crippen molar-refractivity contribution in [3.63, 3.8) is 0 Å². The van der Waals surface area contributed by atoms with Gasteiger partial charge in [-0.25, -0.2) is 8.42 Å². The van der Waals surface area contributed by atoms with Crippen molar-refractivity contribution in [1.82, 2.24) is 5.32 Å². The Morgan fingerprint density at radius 1 is 1.14 bits per heavy atom. The largest absolute Gasteiger partial charge is 0.310 e. The van der Waals surface area contributed by atoms with E-state index in [9.17, 15) is 8.42 Å². The van der Waals surface area contributed by atoms with E-state index in [1.165, 1.54) is 30.2 Å². The van der Waals surface area contributed by atoms with Crippen LogP contribution >= 0.6 is 0 Å². The first-order chi connectivity index (χ1) is 9.92. The Bertz CT molecular complexity index is 578. The molecule has 3 atom stereocenters. The van der Waals surface area contributed by atoms with E-state index in [4.69, 9.17) is 0 Å². The summed E-state index contributed by atoms with van der Waals surface area (Å²) in [7, 11) is -2.91. The topological polar surface area (TPSA) is 46.2 Å². The maximum atomic E-state index is 11.5. The summed E-state index contributed by atoms with van der Waals surface area (Å²) in [6.07, 6.45) is 6.12. The fraction of sp³-hybridized carbons (Fsp3) is 0.647. The molecule has 3 nitrogen and oxygen atoms in total. The Morgan fingerprint density at radius 2 is 1.67 bits per heavy atom. The van der Waals surface area contributed by atoms with Crippen LogP contribution in [0, 0.1) is 11.8 Å². The smallest absolute Gasteiger partial charge is 0.148 e. The fourth-order valence-electron chi connectivity index (χ4n) is 4.25. The minimum absolute atomic E-state index is 0.0364. The highest BCUT2D eigenvalue weighted by atomic mass is 32.2. The predicted octanol–water partition coefficient (Wildman–Crippen LogP) is 2.20. The third-order valence-electron chi connectivity index (χ3n) is 5.04. The Balaban J connectivity index is 1.74. The molecule has 0 spiro atoms. The molecule has 0 saturated heterocycles. The second-order valence-electron chi connectivity index (χ2n) is 6.96. The fourth-order valence-corrected chi connectivity index (χ4v) is 5.26. The van der Waals surface area contributed by atoms with Gasteiger partial charge in [0.25, 0.3) is 0 Å². The molecule has 4 heteroatoms. The molecule has 0 amide bonds. The first kappa shape index (κ1) is 15.0. The standard InChI is InChI=1S/C17H25NO2S/c1-12(11-21(2,19)20)18-17-15-7-8-16(17)10-14-6-4-3-5-13(14)9-15/h3-6,12,15-18H,7-11H2,1-2H3. The molecule has 1 saturated carbocycles. The van der Waals surface area contributed by atoms with E-state index in [-0.39, 0.29) is 11.8 Å². The lowest BCUT2D eigenvalue weighted by atomic mass is 9.94. The van der Waals surface area contributed by atoms with Crippen molar-refractivity contribution >= 4 is 9.84 Å². The van der Waals surface area contributed by atoms with Gasteiger partial charge in [0, 0.05) is 18.3 Å². The molecule has 2 bridgehead atoms. The molecular weight excluding hydrogens is 282 g/mol. The molecule has 2 aliphatic carbocycles. The van der Waals surface area contributed by atoms with Crippen LogP contribution in [0.2, 0.25) is 0 Å². The van der Waals surface area contributed by atoms with Gasteiger partial charge >= 0.3 is 0 Å². The number of rotatable bonds is 4. The molecule has 1 aromatic rings. The molecule has 0 heterocycles. The first-order valence-electron chi connectivity index (χ1n) is 7.93. The van der Waals surface area contributed by atoms with Crippen LogP contribution in [-0.2, 0) is 22.7 Å². The number of benzene rings is 1. The molecular formula is C17H25NO2S. The van der Waals surface area contributed by atoms with Crippen molar-refractivity contribution in [3.05, 3.63) is 35.4 Å². The van der Waals surface area contributed by atoms with Crippen LogP contribution < -0.4 is 5.32 Å². The van der Waals surface area contributed by atoms with Gasteiger partial charge in [-0.15, -0.1) is 0 Å². The summed E-state index contributed by atoms with van der Waals surface area (Å²) in [4.78, 5) is 0. The quantitative estimate of drug-likeness (QED) is 0.927. The molecule has 116 valence electrons. The lowest BCUT2D eigenvalue weighted by Gasteiger charge is -2.27. The van der Waals surface area contributed by atoms with Gasteiger partial charge < -0.3 is 5.32 Å². The molecule has 0 radical (unpaired) electrons. The maximum Gasteiger partial charge on any atom is 0.148 e. The van der Waals surface area contributed by atoms with Crippen molar-refractivity contribution in [3.8, 4) is 0 Å². The van der Waals surface area contributed by atoms with Crippen molar-refractivity contribution in [2.75, 3.05) is 12.0 Å². The summed E-state index contributed by atoms with van der Waals surface area (Å²) in [5, 5.41) is 3.63. The number of hydrogen-bond acceptors (Lipinski definition) is 3. The molecule has 3 rings (SSSR count). The van der Waals surface area contributed by atoms with E-state index in [0.717, 1.165) is 12.8 Å². The molecule has 21 heavy (non-hydrogen) atoms. The van der Waals surface area contributed by atoms with Gasteiger partial charge in [-0.3, -0.25) is 0 Å². The van der Waals surface area contributed by atoms with Crippen LogP contribution in [0.1, 0.15) is 30.9 Å². The van der Waals surface area contributed by atoms with E-state index < -0.39 is 9.84 Å². The third-order valence-corrected chi connectivity index (χ3v) is 6.14. The van der Waals surface area contributed by atoms with Gasteiger partial charge in [-0.1, -0.05) is 24.3 Å². The summed E-state index contributed by atoms with van der Waals surface area (Å²) < 4.78 is 22.9. The minimum atomic E-state index is -2.91.